The molecule has 0 atom stereocenters. The smallest absolute Gasteiger partial charge is 0.0494 e. The molecule has 5 heteroatoms. The van der Waals surface area contributed by atoms with Crippen LogP contribution in [-0.4, -0.2) is 11.6 Å². The van der Waals surface area contributed by atoms with E-state index in [0.717, 1.165) is 5.57 Å². The predicted molar refractivity (Wildman–Crippen MR) is 75.4 cm³/mol. The maximum absolute atomic E-state index is 5.94. The largest absolute Gasteiger partial charge is 0.398 e. The molecule has 0 aliphatic heterocycles. The van der Waals surface area contributed by atoms with E-state index in [1.54, 1.807) is 6.92 Å². The molecule has 0 aliphatic carbocycles. The minimum Gasteiger partial charge on any atom is -0.398 e. The lowest BCUT2D eigenvalue weighted by Crippen LogP contribution is -2.06. The first-order valence-electron chi connectivity index (χ1n) is 4.35. The Bertz CT molecular complexity index is 405. The molecule has 0 saturated heterocycles. The lowest BCUT2D eigenvalue weighted by molar-refractivity contribution is 1.26. The van der Waals surface area contributed by atoms with Crippen LogP contribution in [0.2, 0.25) is 0 Å². The number of hydrazone groups is 1. The maximum Gasteiger partial charge on any atom is 0.0494 e. The van der Waals surface area contributed by atoms with Gasteiger partial charge >= 0.3 is 0 Å². The molecule has 16 heavy (non-hydrogen) atoms. The van der Waals surface area contributed by atoms with Gasteiger partial charge in [0.1, 0.15) is 0 Å². The molecule has 0 fully saturated rings. The van der Waals surface area contributed by atoms with Crippen LogP contribution in [0.3, 0.4) is 0 Å². The zero-order valence-electron chi connectivity index (χ0n) is 9.03. The first kappa shape index (κ1) is 14.6. The van der Waals surface area contributed by atoms with Crippen molar-refractivity contribution in [2.45, 2.75) is 6.92 Å². The first-order chi connectivity index (χ1) is 7.45. The SMILES string of the molecule is C=C(C(=C)/C(Cl)=C\C=N/N)C(N)=C(C)C=S. The normalized spacial score (nSPS) is 13.5. The zero-order valence-corrected chi connectivity index (χ0v) is 10.6. The Morgan fingerprint density at radius 2 is 1.94 bits per heavy atom. The number of nitrogens with zero attached hydrogens (tertiary/aromatic N) is 1. The summed E-state index contributed by atoms with van der Waals surface area (Å²) in [5.74, 6) is 4.94. The second kappa shape index (κ2) is 6.98. The summed E-state index contributed by atoms with van der Waals surface area (Å²) < 4.78 is 0. The van der Waals surface area contributed by atoms with Crippen molar-refractivity contribution in [1.82, 2.24) is 0 Å². The third kappa shape index (κ3) is 4.00. The standard InChI is InChI=1S/C11H14ClN3S/c1-7(6-16)11(13)9(3)8(2)10(12)4-5-15-14/h4-6H,2-3,13-14H2,1H3/b10-4+,11-7?,15-5-. The van der Waals surface area contributed by atoms with E-state index in [-0.39, 0.29) is 0 Å². The fourth-order valence-electron chi connectivity index (χ4n) is 0.817. The molecule has 3 nitrogen and oxygen atoms in total. The molecular weight excluding hydrogens is 242 g/mol. The van der Waals surface area contributed by atoms with Crippen LogP contribution in [0.1, 0.15) is 6.92 Å². The predicted octanol–water partition coefficient (Wildman–Crippen LogP) is 2.40. The van der Waals surface area contributed by atoms with Gasteiger partial charge in [-0.15, -0.1) is 0 Å². The Hall–Kier alpha value is -1.39. The molecule has 4 N–H and O–H groups in total. The highest BCUT2D eigenvalue weighted by Crippen LogP contribution is 2.23. The number of thiocarbonyl (C=S) groups is 1. The molecule has 0 aliphatic rings. The van der Waals surface area contributed by atoms with Crippen LogP contribution < -0.4 is 11.6 Å². The molecule has 0 saturated carbocycles. The number of halogens is 1. The van der Waals surface area contributed by atoms with Crippen LogP contribution in [-0.2, 0) is 0 Å². The highest BCUT2D eigenvalue weighted by atomic mass is 35.5. The van der Waals surface area contributed by atoms with Gasteiger partial charge in [-0.2, -0.15) is 5.10 Å². The van der Waals surface area contributed by atoms with Gasteiger partial charge in [-0.3, -0.25) is 0 Å². The lowest BCUT2D eigenvalue weighted by atomic mass is 10.0. The molecule has 0 unspecified atom stereocenters. The van der Waals surface area contributed by atoms with E-state index in [0.29, 0.717) is 21.9 Å². The molecule has 0 amide bonds. The van der Waals surface area contributed by atoms with Gasteiger partial charge in [-0.25, -0.2) is 0 Å². The van der Waals surface area contributed by atoms with Gasteiger partial charge in [0.25, 0.3) is 0 Å². The first-order valence-corrected chi connectivity index (χ1v) is 5.20. The minimum absolute atomic E-state index is 0.374. The van der Waals surface area contributed by atoms with Gasteiger partial charge < -0.3 is 11.6 Å². The molecule has 0 bridgehead atoms. The summed E-state index contributed by atoms with van der Waals surface area (Å²) in [5, 5.41) is 5.14. The monoisotopic (exact) mass is 255 g/mol. The second-order valence-electron chi connectivity index (χ2n) is 2.98. The van der Waals surface area contributed by atoms with Gasteiger partial charge in [0.15, 0.2) is 0 Å². The zero-order chi connectivity index (χ0) is 12.7. The van der Waals surface area contributed by atoms with Crippen LogP contribution >= 0.6 is 23.8 Å². The van der Waals surface area contributed by atoms with Crippen LogP contribution in [0.25, 0.3) is 0 Å². The molecule has 0 aromatic carbocycles. The van der Waals surface area contributed by atoms with Crippen molar-refractivity contribution >= 4 is 35.4 Å². The fraction of sp³-hybridized carbons (Fsp3) is 0.0909. The number of nitrogens with two attached hydrogens (primary N) is 2. The van der Waals surface area contributed by atoms with E-state index in [1.807, 2.05) is 0 Å². The summed E-state index contributed by atoms with van der Waals surface area (Å²) in [6.07, 6.45) is 2.86. The molecule has 0 spiro atoms. The number of rotatable bonds is 5. The Morgan fingerprint density at radius 1 is 1.38 bits per heavy atom. The summed E-state index contributed by atoms with van der Waals surface area (Å²) in [6.45, 7) is 9.38. The Balaban J connectivity index is 5.04. The molecule has 86 valence electrons. The molecule has 0 heterocycles. The minimum atomic E-state index is 0.374. The quantitative estimate of drug-likeness (QED) is 0.198. The summed E-state index contributed by atoms with van der Waals surface area (Å²) in [6, 6.07) is 0. The molecule has 0 aromatic rings. The summed E-state index contributed by atoms with van der Waals surface area (Å²) in [7, 11) is 0. The van der Waals surface area contributed by atoms with E-state index < -0.39 is 0 Å². The Labute approximate surface area is 106 Å². The summed E-state index contributed by atoms with van der Waals surface area (Å²) >= 11 is 10.7. The van der Waals surface area contributed by atoms with E-state index in [9.17, 15) is 0 Å². The van der Waals surface area contributed by atoms with Crippen LogP contribution in [0.5, 0.6) is 0 Å². The Morgan fingerprint density at radius 3 is 2.38 bits per heavy atom. The highest BCUT2D eigenvalue weighted by Gasteiger charge is 2.08. The van der Waals surface area contributed by atoms with E-state index in [1.165, 1.54) is 17.7 Å². The van der Waals surface area contributed by atoms with E-state index in [2.05, 4.69) is 18.3 Å². The van der Waals surface area contributed by atoms with Crippen LogP contribution in [0.15, 0.2) is 51.8 Å². The molecule has 0 rings (SSSR count). The third-order valence-electron chi connectivity index (χ3n) is 1.89. The second-order valence-corrected chi connectivity index (χ2v) is 3.63. The van der Waals surface area contributed by atoms with Crippen LogP contribution in [0, 0.1) is 0 Å². The van der Waals surface area contributed by atoms with Gasteiger partial charge in [-0.05, 0) is 29.7 Å². The maximum atomic E-state index is 5.94. The van der Waals surface area contributed by atoms with Gasteiger partial charge in [0.05, 0.1) is 0 Å². The topological polar surface area (TPSA) is 64.4 Å². The fourth-order valence-corrected chi connectivity index (χ4v) is 1.11. The molecule has 0 radical (unpaired) electrons. The molecule has 0 aromatic heterocycles. The number of hydrogen-bond acceptors (Lipinski definition) is 4. The number of hydrogen-bond donors (Lipinski definition) is 2. The average Bonchev–Trinajstić information content (AvgIpc) is 2.31. The van der Waals surface area contributed by atoms with Crippen molar-refractivity contribution in [1.29, 1.82) is 0 Å². The number of allylic oxidation sites excluding steroid dienone is 4. The summed E-state index contributed by atoms with van der Waals surface area (Å²) in [5.41, 5.74) is 8.07. The van der Waals surface area contributed by atoms with E-state index >= 15 is 0 Å². The molecular formula is C11H14ClN3S. The lowest BCUT2D eigenvalue weighted by Gasteiger charge is -2.10. The highest BCUT2D eigenvalue weighted by molar-refractivity contribution is 7.79. The van der Waals surface area contributed by atoms with Crippen molar-refractivity contribution in [3.05, 3.63) is 46.7 Å². The van der Waals surface area contributed by atoms with Crippen molar-refractivity contribution in [2.24, 2.45) is 16.7 Å². The average molecular weight is 256 g/mol. The van der Waals surface area contributed by atoms with Crippen molar-refractivity contribution < 1.29 is 0 Å². The van der Waals surface area contributed by atoms with Crippen LogP contribution in [0.4, 0.5) is 0 Å². The van der Waals surface area contributed by atoms with Crippen molar-refractivity contribution in [3.8, 4) is 0 Å². The summed E-state index contributed by atoms with van der Waals surface area (Å²) in [4.78, 5) is 0. The van der Waals surface area contributed by atoms with Crippen molar-refractivity contribution in [3.63, 3.8) is 0 Å². The third-order valence-corrected chi connectivity index (χ3v) is 2.59. The Kier molecular flexibility index (Phi) is 6.37. The van der Waals surface area contributed by atoms with Gasteiger partial charge in [0, 0.05) is 22.3 Å². The van der Waals surface area contributed by atoms with Gasteiger partial charge in [-0.1, -0.05) is 37.0 Å². The van der Waals surface area contributed by atoms with Crippen molar-refractivity contribution in [2.75, 3.05) is 0 Å². The van der Waals surface area contributed by atoms with Gasteiger partial charge in [0.2, 0.25) is 0 Å². The van der Waals surface area contributed by atoms with E-state index in [4.69, 9.17) is 35.4 Å².